The minimum absolute atomic E-state index is 0.0252. The van der Waals surface area contributed by atoms with Gasteiger partial charge in [-0.25, -0.2) is 14.5 Å². The van der Waals surface area contributed by atoms with Crippen LogP contribution in [-0.2, 0) is 13.0 Å². The van der Waals surface area contributed by atoms with Crippen molar-refractivity contribution in [2.24, 2.45) is 0 Å². The van der Waals surface area contributed by atoms with Crippen LogP contribution in [0.25, 0.3) is 11.4 Å². The summed E-state index contributed by atoms with van der Waals surface area (Å²) in [5.41, 5.74) is 1.44. The lowest BCUT2D eigenvalue weighted by Crippen LogP contribution is -2.43. The summed E-state index contributed by atoms with van der Waals surface area (Å²) in [4.78, 5) is 20.6. The number of rotatable bonds is 3. The molecule has 0 radical (unpaired) electrons. The van der Waals surface area contributed by atoms with Crippen molar-refractivity contribution in [2.75, 3.05) is 5.32 Å². The zero-order chi connectivity index (χ0) is 17.2. The van der Waals surface area contributed by atoms with Gasteiger partial charge >= 0.3 is 6.03 Å². The van der Waals surface area contributed by atoms with Gasteiger partial charge in [0.2, 0.25) is 11.7 Å². The first-order chi connectivity index (χ1) is 12.2. The Labute approximate surface area is 143 Å². The highest BCUT2D eigenvalue weighted by molar-refractivity contribution is 5.90. The van der Waals surface area contributed by atoms with Crippen LogP contribution in [0.2, 0.25) is 0 Å². The first-order valence-electron chi connectivity index (χ1n) is 8.02. The summed E-state index contributed by atoms with van der Waals surface area (Å²) >= 11 is 0. The van der Waals surface area contributed by atoms with Crippen LogP contribution >= 0.6 is 0 Å². The number of hydrogen-bond donors (Lipinski definition) is 2. The second kappa shape index (κ2) is 6.34. The predicted octanol–water partition coefficient (Wildman–Crippen LogP) is 1.77. The number of anilines is 1. The summed E-state index contributed by atoms with van der Waals surface area (Å²) in [6.07, 6.45) is 3.19. The molecule has 9 heteroatoms. The molecule has 1 aliphatic rings. The van der Waals surface area contributed by atoms with Crippen molar-refractivity contribution in [1.29, 1.82) is 0 Å². The number of amides is 2. The normalized spacial score (nSPS) is 16.3. The average Bonchev–Trinajstić information content (AvgIpc) is 3.23. The van der Waals surface area contributed by atoms with E-state index in [0.717, 1.165) is 24.2 Å². The Bertz CT molecular complexity index is 901. The maximum Gasteiger partial charge on any atom is 0.319 e. The maximum atomic E-state index is 12.3. The van der Waals surface area contributed by atoms with Gasteiger partial charge in [-0.05, 0) is 18.6 Å². The molecule has 0 bridgehead atoms. The van der Waals surface area contributed by atoms with E-state index in [1.165, 1.54) is 0 Å². The summed E-state index contributed by atoms with van der Waals surface area (Å²) in [6, 6.07) is 7.08. The number of aromatic nitrogens is 5. The Morgan fingerprint density at radius 1 is 1.40 bits per heavy atom. The number of hydrogen-bond acceptors (Lipinski definition) is 6. The van der Waals surface area contributed by atoms with E-state index in [2.05, 4.69) is 30.9 Å². The molecule has 1 aliphatic heterocycles. The standard InChI is InChI=1S/C16H17N7O2/c1-10-19-15(22-25-10)11-3-2-4-12(7-11)20-16(24)21-13-5-6-14-17-9-18-23(14)8-13/h2-4,7,9,13H,5-6,8H2,1H3,(H2,20,21,24). The van der Waals surface area contributed by atoms with Gasteiger partial charge in [-0.15, -0.1) is 0 Å². The number of benzene rings is 1. The molecule has 9 nitrogen and oxygen atoms in total. The average molecular weight is 339 g/mol. The van der Waals surface area contributed by atoms with Crippen LogP contribution in [0.3, 0.4) is 0 Å². The Morgan fingerprint density at radius 2 is 2.32 bits per heavy atom. The van der Waals surface area contributed by atoms with Gasteiger partial charge in [0.15, 0.2) is 0 Å². The smallest absolute Gasteiger partial charge is 0.319 e. The van der Waals surface area contributed by atoms with Gasteiger partial charge in [-0.1, -0.05) is 17.3 Å². The van der Waals surface area contributed by atoms with E-state index in [4.69, 9.17) is 4.52 Å². The molecule has 3 aromatic rings. The van der Waals surface area contributed by atoms with Gasteiger partial charge < -0.3 is 15.2 Å². The van der Waals surface area contributed by atoms with Crippen LogP contribution in [-0.4, -0.2) is 37.0 Å². The second-order valence-corrected chi connectivity index (χ2v) is 5.91. The van der Waals surface area contributed by atoms with E-state index in [-0.39, 0.29) is 12.1 Å². The Hall–Kier alpha value is -3.23. The number of aryl methyl sites for hydroxylation is 2. The van der Waals surface area contributed by atoms with Crippen molar-refractivity contribution in [3.05, 3.63) is 42.3 Å². The highest BCUT2D eigenvalue weighted by Gasteiger charge is 2.21. The Balaban J connectivity index is 1.40. The number of carbonyl (C=O) groups is 1. The fraction of sp³-hybridized carbons (Fsp3) is 0.312. The van der Waals surface area contributed by atoms with E-state index in [9.17, 15) is 4.79 Å². The molecule has 0 fully saturated rings. The SMILES string of the molecule is Cc1nc(-c2cccc(NC(=O)NC3CCc4ncnn4C3)c2)no1. The van der Waals surface area contributed by atoms with Gasteiger partial charge in [0.1, 0.15) is 12.2 Å². The molecular formula is C16H17N7O2. The third kappa shape index (κ3) is 3.35. The summed E-state index contributed by atoms with van der Waals surface area (Å²) in [6.45, 7) is 2.36. The lowest BCUT2D eigenvalue weighted by Gasteiger charge is -2.23. The molecule has 2 amide bonds. The van der Waals surface area contributed by atoms with Crippen LogP contribution in [0.4, 0.5) is 10.5 Å². The van der Waals surface area contributed by atoms with Crippen molar-refractivity contribution in [3.63, 3.8) is 0 Å². The summed E-state index contributed by atoms with van der Waals surface area (Å²) in [7, 11) is 0. The zero-order valence-electron chi connectivity index (χ0n) is 13.6. The lowest BCUT2D eigenvalue weighted by atomic mass is 10.1. The van der Waals surface area contributed by atoms with Crippen LogP contribution < -0.4 is 10.6 Å². The van der Waals surface area contributed by atoms with Crippen molar-refractivity contribution >= 4 is 11.7 Å². The van der Waals surface area contributed by atoms with Crippen LogP contribution in [0.5, 0.6) is 0 Å². The van der Waals surface area contributed by atoms with Gasteiger partial charge in [-0.3, -0.25) is 0 Å². The van der Waals surface area contributed by atoms with Crippen molar-refractivity contribution in [1.82, 2.24) is 30.2 Å². The molecule has 0 aliphatic carbocycles. The summed E-state index contributed by atoms with van der Waals surface area (Å²) < 4.78 is 6.82. The molecule has 0 saturated heterocycles. The lowest BCUT2D eigenvalue weighted by molar-refractivity contribution is 0.243. The fourth-order valence-electron chi connectivity index (χ4n) is 2.86. The Kier molecular flexibility index (Phi) is 3.88. The molecule has 0 spiro atoms. The Morgan fingerprint density at radius 3 is 3.16 bits per heavy atom. The molecule has 2 N–H and O–H groups in total. The highest BCUT2D eigenvalue weighted by Crippen LogP contribution is 2.20. The van der Waals surface area contributed by atoms with E-state index < -0.39 is 0 Å². The van der Waals surface area contributed by atoms with Gasteiger partial charge in [-0.2, -0.15) is 10.1 Å². The van der Waals surface area contributed by atoms with E-state index in [1.54, 1.807) is 19.3 Å². The quantitative estimate of drug-likeness (QED) is 0.752. The second-order valence-electron chi connectivity index (χ2n) is 5.91. The largest absolute Gasteiger partial charge is 0.339 e. The van der Waals surface area contributed by atoms with Crippen molar-refractivity contribution in [2.45, 2.75) is 32.4 Å². The number of urea groups is 1. The van der Waals surface area contributed by atoms with E-state index >= 15 is 0 Å². The first kappa shape index (κ1) is 15.3. The van der Waals surface area contributed by atoms with Crippen LogP contribution in [0.1, 0.15) is 18.1 Å². The molecule has 2 aromatic heterocycles. The molecule has 3 heterocycles. The number of fused-ring (bicyclic) bond motifs is 1. The van der Waals surface area contributed by atoms with Gasteiger partial charge in [0.05, 0.1) is 12.6 Å². The molecule has 1 unspecified atom stereocenters. The third-order valence-corrected chi connectivity index (χ3v) is 4.05. The molecule has 0 saturated carbocycles. The molecular weight excluding hydrogens is 322 g/mol. The fourth-order valence-corrected chi connectivity index (χ4v) is 2.86. The summed E-state index contributed by atoms with van der Waals surface area (Å²) in [5.74, 6) is 1.95. The number of nitrogens with zero attached hydrogens (tertiary/aromatic N) is 5. The van der Waals surface area contributed by atoms with Gasteiger partial charge in [0, 0.05) is 24.6 Å². The topological polar surface area (TPSA) is 111 Å². The molecule has 1 atom stereocenters. The van der Waals surface area contributed by atoms with Gasteiger partial charge in [0.25, 0.3) is 0 Å². The maximum absolute atomic E-state index is 12.3. The predicted molar refractivity (Wildman–Crippen MR) is 88.8 cm³/mol. The molecule has 25 heavy (non-hydrogen) atoms. The van der Waals surface area contributed by atoms with Crippen molar-refractivity contribution < 1.29 is 9.32 Å². The molecule has 128 valence electrons. The number of carbonyl (C=O) groups excluding carboxylic acids is 1. The third-order valence-electron chi connectivity index (χ3n) is 4.05. The zero-order valence-corrected chi connectivity index (χ0v) is 13.6. The summed E-state index contributed by atoms with van der Waals surface area (Å²) in [5, 5.41) is 13.9. The van der Waals surface area contributed by atoms with E-state index in [1.807, 2.05) is 22.9 Å². The van der Waals surface area contributed by atoms with Crippen molar-refractivity contribution in [3.8, 4) is 11.4 Å². The highest BCUT2D eigenvalue weighted by atomic mass is 16.5. The molecule has 1 aromatic carbocycles. The first-order valence-corrected chi connectivity index (χ1v) is 8.02. The van der Waals surface area contributed by atoms with Crippen LogP contribution in [0, 0.1) is 6.92 Å². The number of nitrogens with one attached hydrogen (secondary N) is 2. The van der Waals surface area contributed by atoms with E-state index in [0.29, 0.717) is 23.9 Å². The minimum atomic E-state index is -0.255. The molecule has 4 rings (SSSR count). The minimum Gasteiger partial charge on any atom is -0.339 e. The van der Waals surface area contributed by atoms with Crippen LogP contribution in [0.15, 0.2) is 35.1 Å². The monoisotopic (exact) mass is 339 g/mol.